The van der Waals surface area contributed by atoms with E-state index in [0.29, 0.717) is 22.7 Å². The Balaban J connectivity index is 1.47. The lowest BCUT2D eigenvalue weighted by atomic mass is 9.95. The molecule has 38 heavy (non-hydrogen) atoms. The van der Waals surface area contributed by atoms with Crippen LogP contribution in [0.3, 0.4) is 0 Å². The second-order valence-corrected chi connectivity index (χ2v) is 11.1. The molecule has 11 heteroatoms. The number of thiophene rings is 1. The third-order valence-corrected chi connectivity index (χ3v) is 8.72. The number of nitro benzene ring substituents is 1. The summed E-state index contributed by atoms with van der Waals surface area (Å²) in [7, 11) is 1.34. The van der Waals surface area contributed by atoms with Crippen LogP contribution >= 0.6 is 23.1 Å². The van der Waals surface area contributed by atoms with Crippen molar-refractivity contribution in [3.8, 4) is 0 Å². The lowest BCUT2D eigenvalue weighted by Gasteiger charge is -2.16. The quantitative estimate of drug-likeness (QED) is 0.142. The van der Waals surface area contributed by atoms with E-state index in [4.69, 9.17) is 4.74 Å². The van der Waals surface area contributed by atoms with E-state index in [9.17, 15) is 24.5 Å². The zero-order chi connectivity index (χ0) is 27.2. The van der Waals surface area contributed by atoms with E-state index in [1.54, 1.807) is 18.2 Å². The van der Waals surface area contributed by atoms with Crippen LogP contribution in [-0.4, -0.2) is 35.1 Å². The number of aryl methyl sites for hydroxylation is 1. The molecule has 4 rings (SSSR count). The normalized spacial score (nSPS) is 13.2. The first-order chi connectivity index (χ1) is 18.3. The molecule has 9 nitrogen and oxygen atoms in total. The second kappa shape index (κ2) is 12.2. The first kappa shape index (κ1) is 27.3. The number of benzene rings is 2. The molecule has 2 aromatic carbocycles. The molecule has 1 heterocycles. The molecule has 198 valence electrons. The first-order valence-electron chi connectivity index (χ1n) is 12.2. The fourth-order valence-electron chi connectivity index (χ4n) is 4.26. The van der Waals surface area contributed by atoms with Gasteiger partial charge in [0.05, 0.1) is 22.8 Å². The molecule has 0 fully saturated rings. The van der Waals surface area contributed by atoms with Gasteiger partial charge in [0.2, 0.25) is 5.91 Å². The number of carbonyl (C=O) groups excluding carboxylic acids is 3. The first-order valence-corrected chi connectivity index (χ1v) is 13.9. The van der Waals surface area contributed by atoms with Crippen molar-refractivity contribution in [2.75, 3.05) is 17.7 Å². The van der Waals surface area contributed by atoms with Crippen molar-refractivity contribution in [2.24, 2.45) is 0 Å². The number of fused-ring (bicyclic) bond motifs is 1. The highest BCUT2D eigenvalue weighted by Crippen LogP contribution is 2.39. The van der Waals surface area contributed by atoms with Crippen LogP contribution in [0, 0.1) is 10.1 Å². The van der Waals surface area contributed by atoms with Crippen molar-refractivity contribution in [2.45, 2.75) is 49.2 Å². The lowest BCUT2D eigenvalue weighted by Crippen LogP contribution is -2.25. The number of hydrogen-bond donors (Lipinski definition) is 2. The maximum atomic E-state index is 13.3. The predicted octanol–water partition coefficient (Wildman–Crippen LogP) is 6.08. The SMILES string of the molecule is CCC(Sc1cccc(NC(=O)c2cccc([N+](=O)[O-])c2)c1)C(=O)Nc1sc2c(c1C(=O)OC)CCCC2. The molecule has 0 saturated heterocycles. The molecule has 1 unspecified atom stereocenters. The highest BCUT2D eigenvalue weighted by Gasteiger charge is 2.28. The highest BCUT2D eigenvalue weighted by molar-refractivity contribution is 8.00. The van der Waals surface area contributed by atoms with Crippen LogP contribution in [0.25, 0.3) is 0 Å². The van der Waals surface area contributed by atoms with Crippen molar-refractivity contribution in [3.63, 3.8) is 0 Å². The average Bonchev–Trinajstić information content (AvgIpc) is 3.29. The molecule has 1 aliphatic carbocycles. The van der Waals surface area contributed by atoms with Crippen LogP contribution in [0.15, 0.2) is 53.4 Å². The van der Waals surface area contributed by atoms with Gasteiger partial charge in [-0.1, -0.05) is 19.1 Å². The molecule has 1 aromatic heterocycles. The summed E-state index contributed by atoms with van der Waals surface area (Å²) in [4.78, 5) is 50.8. The predicted molar refractivity (Wildman–Crippen MR) is 148 cm³/mol. The van der Waals surface area contributed by atoms with E-state index in [1.807, 2.05) is 13.0 Å². The zero-order valence-corrected chi connectivity index (χ0v) is 22.6. The minimum Gasteiger partial charge on any atom is -0.465 e. The lowest BCUT2D eigenvalue weighted by molar-refractivity contribution is -0.384. The van der Waals surface area contributed by atoms with E-state index >= 15 is 0 Å². The molecular weight excluding hydrogens is 526 g/mol. The Hall–Kier alpha value is -3.70. The van der Waals surface area contributed by atoms with Crippen molar-refractivity contribution >= 4 is 57.3 Å². The number of anilines is 2. The number of amides is 2. The monoisotopic (exact) mass is 553 g/mol. The number of non-ortho nitro benzene ring substituents is 1. The Morgan fingerprint density at radius 2 is 1.87 bits per heavy atom. The summed E-state index contributed by atoms with van der Waals surface area (Å²) in [6.45, 7) is 1.91. The van der Waals surface area contributed by atoms with Crippen LogP contribution in [0.2, 0.25) is 0 Å². The Morgan fingerprint density at radius 3 is 2.61 bits per heavy atom. The van der Waals surface area contributed by atoms with Gasteiger partial charge in [-0.05, 0) is 61.9 Å². The minimum atomic E-state index is -0.552. The average molecular weight is 554 g/mol. The number of ether oxygens (including phenoxy) is 1. The molecule has 1 atom stereocenters. The van der Waals surface area contributed by atoms with Crippen LogP contribution < -0.4 is 10.6 Å². The van der Waals surface area contributed by atoms with E-state index in [2.05, 4.69) is 10.6 Å². The molecule has 0 radical (unpaired) electrons. The molecule has 2 amide bonds. The third-order valence-electron chi connectivity index (χ3n) is 6.15. The number of hydrogen-bond acceptors (Lipinski definition) is 8. The second-order valence-electron chi connectivity index (χ2n) is 8.70. The van der Waals surface area contributed by atoms with Gasteiger partial charge in [0.15, 0.2) is 0 Å². The number of carbonyl (C=O) groups is 3. The van der Waals surface area contributed by atoms with E-state index in [-0.39, 0.29) is 17.2 Å². The summed E-state index contributed by atoms with van der Waals surface area (Å²) in [5.41, 5.74) is 1.95. The molecule has 2 N–H and O–H groups in total. The fraction of sp³-hybridized carbons (Fsp3) is 0.296. The van der Waals surface area contributed by atoms with Gasteiger partial charge in [0.25, 0.3) is 11.6 Å². The largest absolute Gasteiger partial charge is 0.465 e. The van der Waals surface area contributed by atoms with Gasteiger partial charge in [-0.15, -0.1) is 23.1 Å². The van der Waals surface area contributed by atoms with E-state index in [1.165, 1.54) is 54.5 Å². The summed E-state index contributed by atoms with van der Waals surface area (Å²) in [6.07, 6.45) is 4.29. The number of esters is 1. The van der Waals surface area contributed by atoms with Crippen LogP contribution in [0.5, 0.6) is 0 Å². The van der Waals surface area contributed by atoms with E-state index in [0.717, 1.165) is 41.0 Å². The van der Waals surface area contributed by atoms with Gasteiger partial charge < -0.3 is 15.4 Å². The Labute approximate surface area is 228 Å². The summed E-state index contributed by atoms with van der Waals surface area (Å²) in [5, 5.41) is 16.8. The van der Waals surface area contributed by atoms with Crippen LogP contribution in [0.4, 0.5) is 16.4 Å². The Kier molecular flexibility index (Phi) is 8.80. The van der Waals surface area contributed by atoms with Gasteiger partial charge in [-0.2, -0.15) is 0 Å². The number of nitro groups is 1. The van der Waals surface area contributed by atoms with Gasteiger partial charge in [-0.3, -0.25) is 19.7 Å². The minimum absolute atomic E-state index is 0.166. The molecule has 0 spiro atoms. The summed E-state index contributed by atoms with van der Waals surface area (Å²) in [5.74, 6) is -1.13. The maximum absolute atomic E-state index is 13.3. The highest BCUT2D eigenvalue weighted by atomic mass is 32.2. The topological polar surface area (TPSA) is 128 Å². The van der Waals surface area contributed by atoms with Crippen molar-refractivity contribution in [3.05, 3.63) is 80.2 Å². The van der Waals surface area contributed by atoms with E-state index < -0.39 is 22.0 Å². The van der Waals surface area contributed by atoms with Crippen LogP contribution in [-0.2, 0) is 22.4 Å². The van der Waals surface area contributed by atoms with Gasteiger partial charge in [-0.25, -0.2) is 4.79 Å². The Bertz CT molecular complexity index is 1390. The van der Waals surface area contributed by atoms with Crippen molar-refractivity contribution in [1.29, 1.82) is 0 Å². The van der Waals surface area contributed by atoms with Crippen molar-refractivity contribution in [1.82, 2.24) is 0 Å². The summed E-state index contributed by atoms with van der Waals surface area (Å²) >= 11 is 2.80. The Morgan fingerprint density at radius 1 is 1.11 bits per heavy atom. The molecule has 0 saturated carbocycles. The molecule has 1 aliphatic rings. The van der Waals surface area contributed by atoms with Gasteiger partial charge >= 0.3 is 5.97 Å². The van der Waals surface area contributed by atoms with Gasteiger partial charge in [0, 0.05) is 33.2 Å². The number of methoxy groups -OCH3 is 1. The molecule has 0 bridgehead atoms. The van der Waals surface area contributed by atoms with Gasteiger partial charge in [0.1, 0.15) is 5.00 Å². The number of nitrogens with one attached hydrogen (secondary N) is 2. The van der Waals surface area contributed by atoms with Crippen LogP contribution in [0.1, 0.15) is 57.3 Å². The molecule has 0 aliphatic heterocycles. The fourth-order valence-corrected chi connectivity index (χ4v) is 6.56. The number of nitrogens with zero attached hydrogens (tertiary/aromatic N) is 1. The summed E-state index contributed by atoms with van der Waals surface area (Å²) < 4.78 is 5.00. The standard InChI is InChI=1S/C27H27N3O6S2/c1-3-21(25(32)29-26-23(27(33)36-2)20-12-4-5-13-22(20)38-26)37-19-11-7-9-17(15-19)28-24(31)16-8-6-10-18(14-16)30(34)35/h6-11,14-15,21H,3-5,12-13H2,1-2H3,(H,28,31)(H,29,32). The molecular formula is C27H27N3O6S2. The van der Waals surface area contributed by atoms with Crippen molar-refractivity contribution < 1.29 is 24.0 Å². The third kappa shape index (κ3) is 6.22. The smallest absolute Gasteiger partial charge is 0.341 e. The maximum Gasteiger partial charge on any atom is 0.341 e. The molecule has 3 aromatic rings. The number of thioether (sulfide) groups is 1. The zero-order valence-electron chi connectivity index (χ0n) is 20.9. The number of rotatable bonds is 9. The summed E-state index contributed by atoms with van der Waals surface area (Å²) in [6, 6.07) is 12.6.